The monoisotopic (exact) mass is 335 g/mol. The summed E-state index contributed by atoms with van der Waals surface area (Å²) in [4.78, 5) is 3.54. The Bertz CT molecular complexity index is 1100. The number of para-hydroxylation sites is 1. The minimum absolute atomic E-state index is 0.930. The Morgan fingerprint density at radius 2 is 1.71 bits per heavy atom. The molecule has 0 amide bonds. The van der Waals surface area contributed by atoms with Crippen LogP contribution in [0.25, 0.3) is 43.9 Å². The van der Waals surface area contributed by atoms with E-state index in [0.717, 1.165) is 21.2 Å². The van der Waals surface area contributed by atoms with Gasteiger partial charge in [-0.1, -0.05) is 24.3 Å². The summed E-state index contributed by atoms with van der Waals surface area (Å²) in [5.74, 6) is 0.930. The van der Waals surface area contributed by atoms with Gasteiger partial charge in [0.1, 0.15) is 5.76 Å². The SMILES string of the molecule is Brc1ccoc2c3ccc4c5ccccc5[nH]c4c3cc1-2. The number of hydrogen-bond donors (Lipinski definition) is 1. The van der Waals surface area contributed by atoms with Gasteiger partial charge in [-0.3, -0.25) is 0 Å². The van der Waals surface area contributed by atoms with Gasteiger partial charge in [-0.2, -0.15) is 0 Å². The molecule has 1 aromatic heterocycles. The molecule has 3 aromatic rings. The van der Waals surface area contributed by atoms with Crippen LogP contribution < -0.4 is 0 Å². The predicted molar refractivity (Wildman–Crippen MR) is 89.9 cm³/mol. The maximum atomic E-state index is 5.72. The van der Waals surface area contributed by atoms with Crippen molar-refractivity contribution in [2.45, 2.75) is 0 Å². The van der Waals surface area contributed by atoms with Crippen LogP contribution in [0, 0.1) is 0 Å². The molecule has 5 rings (SSSR count). The Kier molecular flexibility index (Phi) is 2.11. The predicted octanol–water partition coefficient (Wildman–Crippen LogP) is 5.93. The van der Waals surface area contributed by atoms with Crippen LogP contribution in [-0.4, -0.2) is 4.98 Å². The molecule has 0 bridgehead atoms. The van der Waals surface area contributed by atoms with Crippen LogP contribution in [-0.2, 0) is 0 Å². The van der Waals surface area contributed by atoms with Gasteiger partial charge in [0.05, 0.1) is 11.8 Å². The van der Waals surface area contributed by atoms with Crippen molar-refractivity contribution in [2.24, 2.45) is 0 Å². The number of H-pyrrole nitrogens is 1. The first-order valence-electron chi connectivity index (χ1n) is 6.82. The molecule has 2 aromatic carbocycles. The Labute approximate surface area is 128 Å². The molecule has 1 aliphatic carbocycles. The number of rotatable bonds is 0. The summed E-state index contributed by atoms with van der Waals surface area (Å²) in [6.45, 7) is 0. The number of fused-ring (bicyclic) bond motifs is 7. The summed E-state index contributed by atoms with van der Waals surface area (Å²) >= 11 is 3.60. The highest BCUT2D eigenvalue weighted by molar-refractivity contribution is 9.10. The fourth-order valence-corrected chi connectivity index (χ4v) is 3.60. The van der Waals surface area contributed by atoms with Crippen molar-refractivity contribution in [1.29, 1.82) is 0 Å². The highest BCUT2D eigenvalue weighted by Crippen LogP contribution is 2.42. The van der Waals surface area contributed by atoms with Gasteiger partial charge in [0.2, 0.25) is 0 Å². The molecule has 2 nitrogen and oxygen atoms in total. The fraction of sp³-hybridized carbons (Fsp3) is 0. The zero-order valence-electron chi connectivity index (χ0n) is 11.0. The summed E-state index contributed by atoms with van der Waals surface area (Å²) in [5, 5.41) is 4.86. The summed E-state index contributed by atoms with van der Waals surface area (Å²) in [6, 6.07) is 16.9. The third-order valence-corrected chi connectivity index (χ3v) is 4.85. The average molecular weight is 336 g/mol. The van der Waals surface area contributed by atoms with Gasteiger partial charge in [-0.15, -0.1) is 0 Å². The number of aromatic amines is 1. The second-order valence-corrected chi connectivity index (χ2v) is 6.13. The number of benzene rings is 2. The molecule has 21 heavy (non-hydrogen) atoms. The van der Waals surface area contributed by atoms with E-state index in [9.17, 15) is 0 Å². The van der Waals surface area contributed by atoms with Gasteiger partial charge in [0.25, 0.3) is 0 Å². The topological polar surface area (TPSA) is 28.9 Å². The molecule has 0 fully saturated rings. The first-order chi connectivity index (χ1) is 10.3. The van der Waals surface area contributed by atoms with Crippen LogP contribution in [0.1, 0.15) is 0 Å². The highest BCUT2D eigenvalue weighted by Gasteiger charge is 2.18. The van der Waals surface area contributed by atoms with E-state index in [1.54, 1.807) is 6.26 Å². The third kappa shape index (κ3) is 1.41. The molecule has 0 radical (unpaired) electrons. The first-order valence-corrected chi connectivity index (χ1v) is 7.61. The van der Waals surface area contributed by atoms with E-state index >= 15 is 0 Å². The normalized spacial score (nSPS) is 12.0. The summed E-state index contributed by atoms with van der Waals surface area (Å²) in [6.07, 6.45) is 1.72. The average Bonchev–Trinajstić information content (AvgIpc) is 3.06. The minimum atomic E-state index is 0.930. The van der Waals surface area contributed by atoms with E-state index in [1.165, 1.54) is 27.2 Å². The smallest absolute Gasteiger partial charge is 0.142 e. The molecule has 2 heterocycles. The number of aromatic nitrogens is 1. The molecule has 0 atom stereocenters. The molecule has 1 N–H and O–H groups in total. The lowest BCUT2D eigenvalue weighted by Gasteiger charge is -2.00. The highest BCUT2D eigenvalue weighted by atomic mass is 79.9. The molecule has 2 aliphatic rings. The Morgan fingerprint density at radius 3 is 2.67 bits per heavy atom. The lowest BCUT2D eigenvalue weighted by atomic mass is 10.1. The van der Waals surface area contributed by atoms with Crippen LogP contribution in [0.4, 0.5) is 0 Å². The fourth-order valence-electron chi connectivity index (χ4n) is 3.20. The third-order valence-electron chi connectivity index (χ3n) is 4.16. The summed E-state index contributed by atoms with van der Waals surface area (Å²) in [5.41, 5.74) is 3.45. The van der Waals surface area contributed by atoms with E-state index in [1.807, 2.05) is 6.07 Å². The molecule has 3 heteroatoms. The van der Waals surface area contributed by atoms with E-state index in [4.69, 9.17) is 4.42 Å². The van der Waals surface area contributed by atoms with Crippen LogP contribution in [0.5, 0.6) is 0 Å². The molecule has 0 unspecified atom stereocenters. The first kappa shape index (κ1) is 11.4. The van der Waals surface area contributed by atoms with Gasteiger partial charge in [0, 0.05) is 37.1 Å². The van der Waals surface area contributed by atoms with E-state index in [-0.39, 0.29) is 0 Å². The standard InChI is InChI=1S/C18H10BrNO/c19-15-7-8-21-18-12-6-5-11-10-3-1-2-4-16(10)20-17(11)13(12)9-14(15)18/h1-9,20H. The van der Waals surface area contributed by atoms with Gasteiger partial charge >= 0.3 is 0 Å². The van der Waals surface area contributed by atoms with E-state index in [0.29, 0.717) is 0 Å². The van der Waals surface area contributed by atoms with Crippen molar-refractivity contribution in [3.05, 3.63) is 59.3 Å². The van der Waals surface area contributed by atoms with Crippen molar-refractivity contribution in [1.82, 2.24) is 4.98 Å². The van der Waals surface area contributed by atoms with E-state index < -0.39 is 0 Å². The zero-order chi connectivity index (χ0) is 14.0. The zero-order valence-corrected chi connectivity index (χ0v) is 12.6. The van der Waals surface area contributed by atoms with Crippen LogP contribution in [0.3, 0.4) is 0 Å². The summed E-state index contributed by atoms with van der Waals surface area (Å²) < 4.78 is 6.78. The lowest BCUT2D eigenvalue weighted by molar-refractivity contribution is 0.570. The van der Waals surface area contributed by atoms with Crippen LogP contribution in [0.2, 0.25) is 0 Å². The van der Waals surface area contributed by atoms with Crippen molar-refractivity contribution in [3.63, 3.8) is 0 Å². The Morgan fingerprint density at radius 1 is 0.857 bits per heavy atom. The van der Waals surface area contributed by atoms with Gasteiger partial charge in [-0.05, 0) is 40.2 Å². The molecule has 0 saturated carbocycles. The number of nitrogens with one attached hydrogen (secondary N) is 1. The second kappa shape index (κ2) is 3.89. The maximum absolute atomic E-state index is 5.72. The van der Waals surface area contributed by atoms with Crippen LogP contribution in [0.15, 0.2) is 63.7 Å². The van der Waals surface area contributed by atoms with Gasteiger partial charge in [-0.25, -0.2) is 0 Å². The molecule has 0 saturated heterocycles. The molecular weight excluding hydrogens is 326 g/mol. The van der Waals surface area contributed by atoms with Gasteiger partial charge < -0.3 is 9.40 Å². The number of hydrogen-bond acceptors (Lipinski definition) is 1. The molecular formula is C18H10BrNO. The molecule has 100 valence electrons. The Hall–Kier alpha value is -2.26. The largest absolute Gasteiger partial charge is 0.464 e. The Balaban J connectivity index is 2.07. The summed E-state index contributed by atoms with van der Waals surface area (Å²) in [7, 11) is 0. The van der Waals surface area contributed by atoms with Crippen molar-refractivity contribution < 1.29 is 4.42 Å². The van der Waals surface area contributed by atoms with E-state index in [2.05, 4.69) is 63.4 Å². The maximum Gasteiger partial charge on any atom is 0.142 e. The lowest BCUT2D eigenvalue weighted by Crippen LogP contribution is -1.74. The molecule has 1 aliphatic heterocycles. The van der Waals surface area contributed by atoms with Crippen molar-refractivity contribution in [2.75, 3.05) is 0 Å². The second-order valence-electron chi connectivity index (χ2n) is 5.28. The van der Waals surface area contributed by atoms with Gasteiger partial charge in [0.15, 0.2) is 0 Å². The molecule has 0 spiro atoms. The number of halogens is 1. The minimum Gasteiger partial charge on any atom is -0.464 e. The quantitative estimate of drug-likeness (QED) is 0.373. The van der Waals surface area contributed by atoms with Crippen molar-refractivity contribution >= 4 is 48.5 Å². The van der Waals surface area contributed by atoms with Crippen LogP contribution >= 0.6 is 15.9 Å². The van der Waals surface area contributed by atoms with Crippen molar-refractivity contribution in [3.8, 4) is 11.3 Å².